The molecule has 3 amide bonds. The van der Waals surface area contributed by atoms with Gasteiger partial charge in [0.15, 0.2) is 0 Å². The summed E-state index contributed by atoms with van der Waals surface area (Å²) in [4.78, 5) is 68.6. The maximum Gasteiger partial charge on any atom is 0.326 e. The van der Waals surface area contributed by atoms with Crippen LogP contribution in [0.15, 0.2) is 42.9 Å². The summed E-state index contributed by atoms with van der Waals surface area (Å²) in [6.07, 6.45) is 2.95. The molecule has 13 heteroatoms. The normalized spacial score (nSPS) is 14.7. The Morgan fingerprint density at radius 3 is 2.18 bits per heavy atom. The molecule has 2 rings (SSSR count). The summed E-state index contributed by atoms with van der Waals surface area (Å²) in [5, 5.41) is 26.2. The number of carbonyl (C=O) groups excluding carboxylic acids is 3. The summed E-state index contributed by atoms with van der Waals surface area (Å²) in [5.41, 5.74) is 7.04. The molecule has 1 aromatic heterocycles. The minimum Gasteiger partial charge on any atom is -0.481 e. The van der Waals surface area contributed by atoms with Gasteiger partial charge in [-0.25, -0.2) is 9.78 Å². The molecule has 0 aliphatic heterocycles. The van der Waals surface area contributed by atoms with Gasteiger partial charge in [0.1, 0.15) is 18.1 Å². The van der Waals surface area contributed by atoms with E-state index in [1.165, 1.54) is 12.5 Å². The van der Waals surface area contributed by atoms with Crippen LogP contribution in [0, 0.1) is 5.92 Å². The monoisotopic (exact) mass is 544 g/mol. The van der Waals surface area contributed by atoms with Crippen LogP contribution in [0.5, 0.6) is 0 Å². The molecule has 2 aromatic rings. The number of aliphatic carboxylic acids is 2. The summed E-state index contributed by atoms with van der Waals surface area (Å²) in [6.45, 7) is 3.56. The van der Waals surface area contributed by atoms with Crippen molar-refractivity contribution in [3.8, 4) is 0 Å². The Labute approximate surface area is 226 Å². The van der Waals surface area contributed by atoms with Gasteiger partial charge in [-0.3, -0.25) is 19.2 Å². The zero-order valence-corrected chi connectivity index (χ0v) is 21.9. The SMILES string of the molecule is CCC(C)C(NC(=O)C(N)CCC(=O)O)C(=O)NC(Cc1ccccc1)C(=O)NC(Cc1cnc[nH]1)C(=O)O. The number of carboxylic acids is 2. The van der Waals surface area contributed by atoms with E-state index in [1.807, 2.05) is 6.92 Å². The number of amides is 3. The second-order valence-corrected chi connectivity index (χ2v) is 9.34. The molecule has 0 saturated heterocycles. The first-order valence-corrected chi connectivity index (χ1v) is 12.6. The van der Waals surface area contributed by atoms with Crippen LogP contribution < -0.4 is 21.7 Å². The molecule has 5 atom stereocenters. The van der Waals surface area contributed by atoms with Crippen molar-refractivity contribution in [3.05, 3.63) is 54.1 Å². The van der Waals surface area contributed by atoms with Crippen molar-refractivity contribution in [1.82, 2.24) is 25.9 Å². The van der Waals surface area contributed by atoms with Crippen LogP contribution in [0.25, 0.3) is 0 Å². The van der Waals surface area contributed by atoms with Crippen LogP contribution in [0.3, 0.4) is 0 Å². The lowest BCUT2D eigenvalue weighted by Crippen LogP contribution is -2.59. The number of rotatable bonds is 16. The van der Waals surface area contributed by atoms with Crippen molar-refractivity contribution in [2.45, 2.75) is 70.1 Å². The van der Waals surface area contributed by atoms with Gasteiger partial charge in [-0.05, 0) is 17.9 Å². The smallest absolute Gasteiger partial charge is 0.326 e. The molecule has 0 fully saturated rings. The predicted molar refractivity (Wildman–Crippen MR) is 140 cm³/mol. The van der Waals surface area contributed by atoms with E-state index in [0.717, 1.165) is 5.56 Å². The van der Waals surface area contributed by atoms with Gasteiger partial charge in [0, 0.05) is 31.2 Å². The Morgan fingerprint density at radius 1 is 0.949 bits per heavy atom. The van der Waals surface area contributed by atoms with Gasteiger partial charge in [0.05, 0.1) is 12.4 Å². The molecule has 0 saturated carbocycles. The molecule has 0 radical (unpaired) electrons. The van der Waals surface area contributed by atoms with Crippen molar-refractivity contribution in [2.75, 3.05) is 0 Å². The minimum absolute atomic E-state index is 0.0488. The second kappa shape index (κ2) is 15.2. The summed E-state index contributed by atoms with van der Waals surface area (Å²) in [7, 11) is 0. The van der Waals surface area contributed by atoms with Crippen LogP contribution in [-0.2, 0) is 36.8 Å². The highest BCUT2D eigenvalue weighted by molar-refractivity contribution is 5.94. The van der Waals surface area contributed by atoms with E-state index in [9.17, 15) is 29.1 Å². The largest absolute Gasteiger partial charge is 0.481 e. The molecule has 1 heterocycles. The lowest BCUT2D eigenvalue weighted by Gasteiger charge is -2.28. The van der Waals surface area contributed by atoms with Crippen LogP contribution in [0.2, 0.25) is 0 Å². The third-order valence-electron chi connectivity index (χ3n) is 6.31. The topological polar surface area (TPSA) is 217 Å². The molecule has 0 spiro atoms. The number of imidazole rings is 1. The van der Waals surface area contributed by atoms with Crippen molar-refractivity contribution in [1.29, 1.82) is 0 Å². The van der Waals surface area contributed by atoms with Crippen molar-refractivity contribution >= 4 is 29.7 Å². The third kappa shape index (κ3) is 10.2. The number of hydrogen-bond acceptors (Lipinski definition) is 7. The standard InChI is InChI=1S/C26H36N6O7/c1-3-15(2)22(32-23(35)18(27)9-10-21(33)34)25(37)30-19(11-16-7-5-4-6-8-16)24(36)31-20(26(38)39)12-17-13-28-14-29-17/h4-8,13-15,18-20,22H,3,9-12,27H2,1-2H3,(H,28,29)(H,30,37)(H,31,36)(H,32,35)(H,33,34)(H,38,39). The van der Waals surface area contributed by atoms with E-state index in [4.69, 9.17) is 10.8 Å². The van der Waals surface area contributed by atoms with Crippen molar-refractivity contribution in [2.24, 2.45) is 11.7 Å². The molecule has 5 unspecified atom stereocenters. The van der Waals surface area contributed by atoms with Gasteiger partial charge in [-0.1, -0.05) is 50.6 Å². The molecule has 0 aliphatic rings. The van der Waals surface area contributed by atoms with Crippen molar-refractivity contribution in [3.63, 3.8) is 0 Å². The van der Waals surface area contributed by atoms with E-state index in [1.54, 1.807) is 37.3 Å². The van der Waals surface area contributed by atoms with Crippen LogP contribution in [0.4, 0.5) is 0 Å². The van der Waals surface area contributed by atoms with E-state index < -0.39 is 53.8 Å². The van der Waals surface area contributed by atoms with Crippen LogP contribution in [-0.4, -0.2) is 74.0 Å². The molecule has 212 valence electrons. The third-order valence-corrected chi connectivity index (χ3v) is 6.31. The van der Waals surface area contributed by atoms with Gasteiger partial charge in [0.25, 0.3) is 0 Å². The molecule has 0 aliphatic carbocycles. The zero-order valence-electron chi connectivity index (χ0n) is 21.9. The quantitative estimate of drug-likeness (QED) is 0.151. The number of carboxylic acid groups (broad SMARTS) is 2. The van der Waals surface area contributed by atoms with Gasteiger partial charge in [0.2, 0.25) is 17.7 Å². The van der Waals surface area contributed by atoms with Crippen LogP contribution >= 0.6 is 0 Å². The molecule has 8 N–H and O–H groups in total. The lowest BCUT2D eigenvalue weighted by molar-refractivity contribution is -0.142. The summed E-state index contributed by atoms with van der Waals surface area (Å²) < 4.78 is 0. The fourth-order valence-corrected chi connectivity index (χ4v) is 3.78. The number of nitrogens with two attached hydrogens (primary N) is 1. The first-order valence-electron chi connectivity index (χ1n) is 12.6. The van der Waals surface area contributed by atoms with Gasteiger partial charge in [-0.2, -0.15) is 0 Å². The molecular formula is C26H36N6O7. The first-order chi connectivity index (χ1) is 18.5. The van der Waals surface area contributed by atoms with E-state index in [0.29, 0.717) is 12.1 Å². The first kappa shape index (κ1) is 31.0. The number of H-pyrrole nitrogens is 1. The summed E-state index contributed by atoms with van der Waals surface area (Å²) in [5.74, 6) is -4.77. The predicted octanol–water partition coefficient (Wildman–Crippen LogP) is -0.0279. The molecular weight excluding hydrogens is 508 g/mol. The minimum atomic E-state index is -1.29. The number of benzene rings is 1. The Morgan fingerprint density at radius 2 is 1.62 bits per heavy atom. The summed E-state index contributed by atoms with van der Waals surface area (Å²) >= 11 is 0. The number of carbonyl (C=O) groups is 5. The van der Waals surface area contributed by atoms with Gasteiger partial charge in [-0.15, -0.1) is 0 Å². The average molecular weight is 545 g/mol. The highest BCUT2D eigenvalue weighted by Gasteiger charge is 2.32. The fraction of sp³-hybridized carbons (Fsp3) is 0.462. The zero-order chi connectivity index (χ0) is 28.9. The number of nitrogens with one attached hydrogen (secondary N) is 4. The maximum atomic E-state index is 13.4. The van der Waals surface area contributed by atoms with Crippen molar-refractivity contribution < 1.29 is 34.2 Å². The van der Waals surface area contributed by atoms with E-state index in [2.05, 4.69) is 25.9 Å². The fourth-order valence-electron chi connectivity index (χ4n) is 3.78. The van der Waals surface area contributed by atoms with E-state index in [-0.39, 0.29) is 31.6 Å². The highest BCUT2D eigenvalue weighted by Crippen LogP contribution is 2.11. The maximum absolute atomic E-state index is 13.4. The Kier molecular flexibility index (Phi) is 12.1. The molecule has 1 aromatic carbocycles. The number of aromatic nitrogens is 2. The number of aromatic amines is 1. The lowest BCUT2D eigenvalue weighted by atomic mass is 9.96. The molecule has 13 nitrogen and oxygen atoms in total. The highest BCUT2D eigenvalue weighted by atomic mass is 16.4. The Bertz CT molecular complexity index is 1110. The Hall–Kier alpha value is -4.26. The van der Waals surface area contributed by atoms with Crippen LogP contribution in [0.1, 0.15) is 44.4 Å². The summed E-state index contributed by atoms with van der Waals surface area (Å²) in [6, 6.07) is 4.22. The number of nitrogens with zero attached hydrogens (tertiary/aromatic N) is 1. The molecule has 39 heavy (non-hydrogen) atoms. The van der Waals surface area contributed by atoms with E-state index >= 15 is 0 Å². The van der Waals surface area contributed by atoms with Gasteiger partial charge < -0.3 is 36.9 Å². The molecule has 0 bridgehead atoms. The average Bonchev–Trinajstić information content (AvgIpc) is 3.42. The van der Waals surface area contributed by atoms with Gasteiger partial charge >= 0.3 is 11.9 Å². The second-order valence-electron chi connectivity index (χ2n) is 9.34. The Balaban J connectivity index is 2.22. The number of hydrogen-bond donors (Lipinski definition) is 7.